The molecule has 0 bridgehead atoms. The van der Waals surface area contributed by atoms with E-state index in [9.17, 15) is 0 Å². The van der Waals surface area contributed by atoms with Gasteiger partial charge in [-0.25, -0.2) is 9.37 Å². The van der Waals surface area contributed by atoms with Gasteiger partial charge in [0.2, 0.25) is 0 Å². The van der Waals surface area contributed by atoms with Gasteiger partial charge in [-0.1, -0.05) is 0 Å². The number of halogens is 1. The zero-order valence-electron chi connectivity index (χ0n) is 18.9. The summed E-state index contributed by atoms with van der Waals surface area (Å²) in [6.07, 6.45) is 0.764. The maximum atomic E-state index is 15.9. The van der Waals surface area contributed by atoms with Gasteiger partial charge in [0.1, 0.15) is 28.1 Å². The maximum absolute atomic E-state index is 15.9. The number of hydrogen-bond acceptors (Lipinski definition) is 7. The van der Waals surface area contributed by atoms with E-state index in [1.54, 1.807) is 12.1 Å². The number of oxazole rings is 1. The molecule has 0 saturated carbocycles. The number of aryl methyl sites for hydroxylation is 1. The van der Waals surface area contributed by atoms with Crippen molar-refractivity contribution in [1.82, 2.24) is 14.5 Å². The summed E-state index contributed by atoms with van der Waals surface area (Å²) in [6, 6.07) is 7.30. The summed E-state index contributed by atoms with van der Waals surface area (Å²) in [4.78, 5) is 8.93. The van der Waals surface area contributed by atoms with E-state index in [2.05, 4.69) is 4.98 Å². The van der Waals surface area contributed by atoms with Gasteiger partial charge in [0.05, 0.1) is 17.8 Å². The van der Waals surface area contributed by atoms with Gasteiger partial charge in [0, 0.05) is 17.6 Å². The number of aromatic nitrogens is 3. The highest BCUT2D eigenvalue weighted by Crippen LogP contribution is 2.39. The van der Waals surface area contributed by atoms with Crippen molar-refractivity contribution in [2.75, 3.05) is 12.3 Å². The first-order valence-corrected chi connectivity index (χ1v) is 11.0. The van der Waals surface area contributed by atoms with Gasteiger partial charge in [-0.3, -0.25) is 0 Å². The largest absolute Gasteiger partial charge is 0.498 e. The van der Waals surface area contributed by atoms with Crippen LogP contribution in [0.25, 0.3) is 33.5 Å². The van der Waals surface area contributed by atoms with E-state index in [4.69, 9.17) is 29.2 Å². The Morgan fingerprint density at radius 2 is 1.85 bits per heavy atom. The summed E-state index contributed by atoms with van der Waals surface area (Å²) >= 11 is 0. The molecule has 4 aromatic rings. The molecule has 10 heteroatoms. The van der Waals surface area contributed by atoms with Crippen LogP contribution in [0.2, 0.25) is 0 Å². The lowest BCUT2D eigenvalue weighted by Gasteiger charge is -2.32. The first-order chi connectivity index (χ1) is 15.6. The molecule has 6 rings (SSSR count). The molecule has 0 amide bonds. The topological polar surface area (TPSA) is 97.6 Å². The lowest BCUT2D eigenvalue weighted by molar-refractivity contribution is 0.00578. The Balaban J connectivity index is 1.55. The standard InChI is InChI=1S/C23H24BFN4O4/c1-22(2)23(3,4)33-24(32-22)13-11-16-19-18(17(13)25)28-20(29(19)8-5-9-30-16)12-6-7-15-14(10-12)27-21(26)31-15/h6-7,10-11H,5,8-9H2,1-4H3,(H2,26,27). The molecular weight excluding hydrogens is 426 g/mol. The molecule has 0 radical (unpaired) electrons. The summed E-state index contributed by atoms with van der Waals surface area (Å²) in [5, 5.41) is 0. The van der Waals surface area contributed by atoms with E-state index in [0.29, 0.717) is 41.3 Å². The first kappa shape index (κ1) is 20.5. The number of benzene rings is 2. The molecule has 2 aliphatic heterocycles. The normalized spacial score (nSPS) is 19.2. The van der Waals surface area contributed by atoms with E-state index in [0.717, 1.165) is 12.0 Å². The summed E-state index contributed by atoms with van der Waals surface area (Å²) in [7, 11) is -0.856. The Kier molecular flexibility index (Phi) is 4.17. The number of nitrogens with two attached hydrogens (primary N) is 1. The van der Waals surface area contributed by atoms with Crippen molar-refractivity contribution in [3.8, 4) is 17.1 Å². The second-order valence-electron chi connectivity index (χ2n) is 9.59. The van der Waals surface area contributed by atoms with Gasteiger partial charge in [-0.15, -0.1) is 0 Å². The fourth-order valence-electron chi connectivity index (χ4n) is 4.44. The highest BCUT2D eigenvalue weighted by atomic mass is 19.1. The van der Waals surface area contributed by atoms with Crippen LogP contribution < -0.4 is 15.9 Å². The monoisotopic (exact) mass is 450 g/mol. The Morgan fingerprint density at radius 3 is 2.61 bits per heavy atom. The second-order valence-corrected chi connectivity index (χ2v) is 9.59. The Bertz CT molecular complexity index is 1410. The van der Waals surface area contributed by atoms with Crippen molar-refractivity contribution >= 4 is 40.7 Å². The number of hydrogen-bond donors (Lipinski definition) is 1. The van der Waals surface area contributed by atoms with Gasteiger partial charge in [-0.2, -0.15) is 4.98 Å². The number of fused-ring (bicyclic) bond motifs is 1. The minimum Gasteiger partial charge on any atom is -0.491 e. The first-order valence-electron chi connectivity index (χ1n) is 11.0. The number of nitrogens with zero attached hydrogens (tertiary/aromatic N) is 3. The number of rotatable bonds is 2. The van der Waals surface area contributed by atoms with Gasteiger partial charge < -0.3 is 28.8 Å². The molecule has 1 saturated heterocycles. The van der Waals surface area contributed by atoms with E-state index in [-0.39, 0.29) is 17.0 Å². The second kappa shape index (κ2) is 6.71. The highest BCUT2D eigenvalue weighted by Gasteiger charge is 2.53. The molecule has 0 aliphatic carbocycles. The third-order valence-electron chi connectivity index (χ3n) is 6.90. The van der Waals surface area contributed by atoms with Gasteiger partial charge >= 0.3 is 7.12 Å². The van der Waals surface area contributed by atoms with Crippen molar-refractivity contribution in [3.63, 3.8) is 0 Å². The highest BCUT2D eigenvalue weighted by molar-refractivity contribution is 6.62. The predicted octanol–water partition coefficient (Wildman–Crippen LogP) is 3.65. The summed E-state index contributed by atoms with van der Waals surface area (Å²) in [5.74, 6) is 0.730. The zero-order valence-corrected chi connectivity index (χ0v) is 18.9. The zero-order chi connectivity index (χ0) is 23.1. The third kappa shape index (κ3) is 2.97. The molecule has 1 fully saturated rings. The quantitative estimate of drug-likeness (QED) is 0.466. The molecular formula is C23H24BFN4O4. The number of anilines is 1. The summed E-state index contributed by atoms with van der Waals surface area (Å²) < 4.78 is 41.6. The van der Waals surface area contributed by atoms with Crippen LogP contribution in [0, 0.1) is 5.82 Å². The Hall–Kier alpha value is -3.11. The van der Waals surface area contributed by atoms with Crippen LogP contribution in [0.3, 0.4) is 0 Å². The van der Waals surface area contributed by atoms with Crippen molar-refractivity contribution in [2.24, 2.45) is 0 Å². The minimum atomic E-state index is -0.856. The van der Waals surface area contributed by atoms with Crippen LogP contribution in [0.5, 0.6) is 5.75 Å². The van der Waals surface area contributed by atoms with Gasteiger partial charge in [0.25, 0.3) is 6.01 Å². The van der Waals surface area contributed by atoms with Crippen molar-refractivity contribution < 1.29 is 22.9 Å². The van der Waals surface area contributed by atoms with Crippen molar-refractivity contribution in [3.05, 3.63) is 30.1 Å². The van der Waals surface area contributed by atoms with Crippen LogP contribution >= 0.6 is 0 Å². The van der Waals surface area contributed by atoms with Crippen LogP contribution in [-0.2, 0) is 15.9 Å². The Morgan fingerprint density at radius 1 is 1.09 bits per heavy atom. The summed E-state index contributed by atoms with van der Waals surface area (Å²) in [6.45, 7) is 8.92. The fourth-order valence-corrected chi connectivity index (χ4v) is 4.44. The smallest absolute Gasteiger partial charge is 0.491 e. The number of ether oxygens (including phenoxy) is 1. The molecule has 8 nitrogen and oxygen atoms in total. The molecule has 2 N–H and O–H groups in total. The molecule has 0 unspecified atom stereocenters. The van der Waals surface area contributed by atoms with Crippen LogP contribution in [0.1, 0.15) is 34.1 Å². The lowest BCUT2D eigenvalue weighted by Crippen LogP contribution is -2.41. The van der Waals surface area contributed by atoms with E-state index >= 15 is 4.39 Å². The molecule has 4 heterocycles. The minimum absolute atomic E-state index is 0.0994. The molecule has 0 atom stereocenters. The maximum Gasteiger partial charge on any atom is 0.498 e. The lowest BCUT2D eigenvalue weighted by atomic mass is 9.78. The predicted molar refractivity (Wildman–Crippen MR) is 123 cm³/mol. The van der Waals surface area contributed by atoms with E-state index in [1.807, 2.05) is 44.4 Å². The van der Waals surface area contributed by atoms with Crippen molar-refractivity contribution in [2.45, 2.75) is 51.9 Å². The van der Waals surface area contributed by atoms with Gasteiger partial charge in [0.15, 0.2) is 11.4 Å². The number of nitrogen functional groups attached to an aromatic ring is 1. The summed E-state index contributed by atoms with van der Waals surface area (Å²) in [5.41, 5.74) is 7.65. The molecule has 2 aromatic carbocycles. The van der Waals surface area contributed by atoms with E-state index in [1.165, 1.54) is 0 Å². The molecule has 33 heavy (non-hydrogen) atoms. The number of imidazole rings is 1. The molecule has 0 spiro atoms. The van der Waals surface area contributed by atoms with Crippen LogP contribution in [0.15, 0.2) is 28.7 Å². The average molecular weight is 450 g/mol. The molecule has 2 aliphatic rings. The molecule has 170 valence electrons. The third-order valence-corrected chi connectivity index (χ3v) is 6.90. The van der Waals surface area contributed by atoms with E-state index < -0.39 is 24.1 Å². The Labute approximate surface area is 190 Å². The molecule has 2 aromatic heterocycles. The average Bonchev–Trinajstić information content (AvgIpc) is 3.31. The van der Waals surface area contributed by atoms with Crippen LogP contribution in [-0.4, -0.2) is 39.5 Å². The fraction of sp³-hybridized carbons (Fsp3) is 0.391. The van der Waals surface area contributed by atoms with Gasteiger partial charge in [-0.05, 0) is 58.4 Å². The van der Waals surface area contributed by atoms with Crippen molar-refractivity contribution in [1.29, 1.82) is 0 Å². The SMILES string of the molecule is CC1(C)OB(c2cc3c4c(nc(-c5ccc6oc(N)nc6c5)n4CCCO3)c2F)OC1(C)C. The van der Waals surface area contributed by atoms with Crippen LogP contribution in [0.4, 0.5) is 10.4 Å².